The van der Waals surface area contributed by atoms with Crippen LogP contribution in [0.1, 0.15) is 11.1 Å². The van der Waals surface area contributed by atoms with Crippen molar-refractivity contribution in [3.05, 3.63) is 157 Å². The van der Waals surface area contributed by atoms with Crippen LogP contribution in [0, 0.1) is 0 Å². The van der Waals surface area contributed by atoms with E-state index in [0.29, 0.717) is 0 Å². The molecule has 0 aliphatic rings. The molecule has 46 heavy (non-hydrogen) atoms. The van der Waals surface area contributed by atoms with Gasteiger partial charge in [-0.3, -0.25) is 0 Å². The lowest BCUT2D eigenvalue weighted by Crippen LogP contribution is -1.91. The Morgan fingerprint density at radius 3 is 1.67 bits per heavy atom. The van der Waals surface area contributed by atoms with E-state index in [0.717, 1.165) is 15.6 Å². The lowest BCUT2D eigenvalue weighted by Gasteiger charge is -2.17. The zero-order valence-corrected chi connectivity index (χ0v) is 26.4. The van der Waals surface area contributed by atoms with Gasteiger partial charge in [0.2, 0.25) is 0 Å². The predicted molar refractivity (Wildman–Crippen MR) is 199 cm³/mol. The molecule has 9 rings (SSSR count). The molecule has 216 valence electrons. The van der Waals surface area contributed by atoms with E-state index in [9.17, 15) is 0 Å². The quantitative estimate of drug-likeness (QED) is 0.136. The van der Waals surface area contributed by atoms with Crippen LogP contribution in [0.5, 0.6) is 0 Å². The number of rotatable bonds is 6. The number of nitrogens with zero attached hydrogens (tertiary/aromatic N) is 2. The van der Waals surface area contributed by atoms with Gasteiger partial charge in [0.25, 0.3) is 0 Å². The lowest BCUT2D eigenvalue weighted by atomic mass is 9.88. The topological polar surface area (TPSA) is 25.8 Å². The molecule has 0 N–H and O–H groups in total. The van der Waals surface area contributed by atoms with Crippen LogP contribution in [0.3, 0.4) is 0 Å². The predicted octanol–water partition coefficient (Wildman–Crippen LogP) is 12.3. The molecule has 0 fully saturated rings. The fourth-order valence-electron chi connectivity index (χ4n) is 6.44. The SMILES string of the molecule is C(=Cc1cc(-c2ncc(-c3ccccc3)s2)c2ccc3ccc(-c4ncc(-c5ccccc5)s4)c4ccc1c2c34)c1ccccc1. The smallest absolute Gasteiger partial charge is 0.124 e. The average Bonchev–Trinajstić information content (AvgIpc) is 3.82. The van der Waals surface area contributed by atoms with Crippen molar-refractivity contribution in [2.45, 2.75) is 0 Å². The molecule has 0 spiro atoms. The van der Waals surface area contributed by atoms with Gasteiger partial charge < -0.3 is 0 Å². The normalized spacial score (nSPS) is 11.8. The third-order valence-electron chi connectivity index (χ3n) is 8.66. The Bertz CT molecular complexity index is 2510. The van der Waals surface area contributed by atoms with E-state index >= 15 is 0 Å². The highest BCUT2D eigenvalue weighted by Crippen LogP contribution is 2.46. The summed E-state index contributed by atoms with van der Waals surface area (Å²) in [4.78, 5) is 12.3. The van der Waals surface area contributed by atoms with Crippen molar-refractivity contribution >= 4 is 67.1 Å². The summed E-state index contributed by atoms with van der Waals surface area (Å²) in [5, 5.41) is 9.54. The molecule has 0 saturated carbocycles. The minimum Gasteiger partial charge on any atom is -0.244 e. The van der Waals surface area contributed by atoms with Gasteiger partial charge in [0.05, 0.1) is 9.75 Å². The van der Waals surface area contributed by atoms with E-state index in [1.807, 2.05) is 12.4 Å². The summed E-state index contributed by atoms with van der Waals surface area (Å²) >= 11 is 3.50. The maximum atomic E-state index is 4.99. The molecular weight excluding hydrogens is 597 g/mol. The van der Waals surface area contributed by atoms with E-state index in [2.05, 4.69) is 146 Å². The van der Waals surface area contributed by atoms with Crippen molar-refractivity contribution in [1.82, 2.24) is 9.97 Å². The summed E-state index contributed by atoms with van der Waals surface area (Å²) in [6, 6.07) is 47.5. The molecule has 0 amide bonds. The fraction of sp³-hybridized carbons (Fsp3) is 0. The molecule has 0 atom stereocenters. The second-order valence-electron chi connectivity index (χ2n) is 11.4. The second-order valence-corrected chi connectivity index (χ2v) is 13.5. The number of hydrogen-bond acceptors (Lipinski definition) is 4. The van der Waals surface area contributed by atoms with Crippen molar-refractivity contribution in [3.8, 4) is 42.0 Å². The standard InChI is InChI=1S/C42H26N2S2/c1-4-10-27(11-5-1)16-17-31-24-36(42-44-26-38(46-42)29-14-8-3-9-15-29)34-20-18-30-19-21-35(33-23-22-32(31)40(34)39(30)33)41-43-25-37(45-41)28-12-6-2-7-13-28/h1-26H. The zero-order chi connectivity index (χ0) is 30.5. The van der Waals surface area contributed by atoms with Gasteiger partial charge in [-0.25, -0.2) is 9.97 Å². The minimum absolute atomic E-state index is 1.03. The van der Waals surface area contributed by atoms with Crippen LogP contribution in [-0.2, 0) is 0 Å². The Hall–Kier alpha value is -5.42. The fourth-order valence-corrected chi connectivity index (χ4v) is 8.36. The zero-order valence-electron chi connectivity index (χ0n) is 24.7. The van der Waals surface area contributed by atoms with Crippen LogP contribution in [0.25, 0.3) is 86.5 Å². The first kappa shape index (κ1) is 26.9. The lowest BCUT2D eigenvalue weighted by molar-refractivity contribution is 1.42. The highest BCUT2D eigenvalue weighted by Gasteiger charge is 2.19. The highest BCUT2D eigenvalue weighted by atomic mass is 32.1. The molecule has 2 aromatic heterocycles. The van der Waals surface area contributed by atoms with E-state index in [1.165, 1.54) is 69.9 Å². The summed E-state index contributed by atoms with van der Waals surface area (Å²) < 4.78 is 0. The maximum absolute atomic E-state index is 4.99. The highest BCUT2D eigenvalue weighted by molar-refractivity contribution is 7.18. The summed E-state index contributed by atoms with van der Waals surface area (Å²) in [6.07, 6.45) is 8.48. The summed E-state index contributed by atoms with van der Waals surface area (Å²) in [5.41, 5.74) is 7.08. The Labute approximate surface area is 275 Å². The summed E-state index contributed by atoms with van der Waals surface area (Å²) in [6.45, 7) is 0. The summed E-state index contributed by atoms with van der Waals surface area (Å²) in [7, 11) is 0. The van der Waals surface area contributed by atoms with Crippen molar-refractivity contribution in [1.29, 1.82) is 0 Å². The van der Waals surface area contributed by atoms with Crippen LogP contribution in [0.15, 0.2) is 146 Å². The molecular formula is C42H26N2S2. The van der Waals surface area contributed by atoms with Crippen LogP contribution >= 0.6 is 22.7 Å². The Morgan fingerprint density at radius 1 is 0.457 bits per heavy atom. The Kier molecular flexibility index (Phi) is 6.55. The molecule has 0 bridgehead atoms. The van der Waals surface area contributed by atoms with Crippen molar-refractivity contribution in [2.24, 2.45) is 0 Å². The molecule has 0 saturated heterocycles. The van der Waals surface area contributed by atoms with E-state index in [4.69, 9.17) is 9.97 Å². The van der Waals surface area contributed by atoms with Crippen LogP contribution < -0.4 is 0 Å². The van der Waals surface area contributed by atoms with Gasteiger partial charge in [0.15, 0.2) is 0 Å². The van der Waals surface area contributed by atoms with Crippen LogP contribution in [0.4, 0.5) is 0 Å². The molecule has 9 aromatic rings. The molecule has 0 unspecified atom stereocenters. The van der Waals surface area contributed by atoms with E-state index in [-0.39, 0.29) is 0 Å². The number of hydrogen-bond donors (Lipinski definition) is 0. The molecule has 0 aliphatic carbocycles. The molecule has 0 aliphatic heterocycles. The molecule has 2 heterocycles. The van der Waals surface area contributed by atoms with E-state index in [1.54, 1.807) is 22.7 Å². The minimum atomic E-state index is 1.03. The molecule has 2 nitrogen and oxygen atoms in total. The first-order chi connectivity index (χ1) is 22.8. The van der Waals surface area contributed by atoms with Gasteiger partial charge >= 0.3 is 0 Å². The van der Waals surface area contributed by atoms with Crippen LogP contribution in [0.2, 0.25) is 0 Å². The molecule has 7 aromatic carbocycles. The monoisotopic (exact) mass is 622 g/mol. The maximum Gasteiger partial charge on any atom is 0.124 e. The first-order valence-electron chi connectivity index (χ1n) is 15.3. The molecule has 4 heteroatoms. The Morgan fingerprint density at radius 2 is 1.00 bits per heavy atom. The summed E-state index contributed by atoms with van der Waals surface area (Å²) in [5.74, 6) is 0. The van der Waals surface area contributed by atoms with Gasteiger partial charge in [-0.15, -0.1) is 22.7 Å². The van der Waals surface area contributed by atoms with Gasteiger partial charge in [-0.2, -0.15) is 0 Å². The van der Waals surface area contributed by atoms with Crippen molar-refractivity contribution in [3.63, 3.8) is 0 Å². The van der Waals surface area contributed by atoms with Crippen LogP contribution in [-0.4, -0.2) is 9.97 Å². The third kappa shape index (κ3) is 4.62. The first-order valence-corrected chi connectivity index (χ1v) is 16.9. The van der Waals surface area contributed by atoms with Gasteiger partial charge in [-0.05, 0) is 60.6 Å². The second kappa shape index (κ2) is 11.2. The largest absolute Gasteiger partial charge is 0.244 e. The third-order valence-corrected chi connectivity index (χ3v) is 10.8. The Balaban J connectivity index is 1.28. The number of aromatic nitrogens is 2. The van der Waals surface area contributed by atoms with Gasteiger partial charge in [0, 0.05) is 23.5 Å². The average molecular weight is 623 g/mol. The van der Waals surface area contributed by atoms with Crippen molar-refractivity contribution < 1.29 is 0 Å². The van der Waals surface area contributed by atoms with Gasteiger partial charge in [-0.1, -0.05) is 140 Å². The van der Waals surface area contributed by atoms with Gasteiger partial charge in [0.1, 0.15) is 10.0 Å². The number of thiazole rings is 2. The number of benzene rings is 7. The van der Waals surface area contributed by atoms with E-state index < -0.39 is 0 Å². The van der Waals surface area contributed by atoms with Crippen molar-refractivity contribution in [2.75, 3.05) is 0 Å². The molecule has 0 radical (unpaired) electrons.